The predicted molar refractivity (Wildman–Crippen MR) is 127 cm³/mol. The Morgan fingerprint density at radius 2 is 1.97 bits per heavy atom. The smallest absolute Gasteiger partial charge is 0.305 e. The quantitative estimate of drug-likeness (QED) is 0.423. The summed E-state index contributed by atoms with van der Waals surface area (Å²) in [5.74, 6) is 0.330. The molecule has 164 valence electrons. The SMILES string of the molecule is CC(C)Cc1sc(N(CCC(=O)O)CC2CCCCC2)nc1-c1ccc(Cl)c(Cl)c1. The topological polar surface area (TPSA) is 53.4 Å². The van der Waals surface area contributed by atoms with Crippen LogP contribution in [0.3, 0.4) is 0 Å². The van der Waals surface area contributed by atoms with Crippen molar-refractivity contribution < 1.29 is 9.90 Å². The molecule has 2 aromatic rings. The number of hydrogen-bond acceptors (Lipinski definition) is 4. The van der Waals surface area contributed by atoms with Crippen LogP contribution in [0.1, 0.15) is 57.2 Å². The zero-order chi connectivity index (χ0) is 21.7. The summed E-state index contributed by atoms with van der Waals surface area (Å²) >= 11 is 14.1. The first kappa shape index (κ1) is 23.4. The maximum absolute atomic E-state index is 11.3. The third-order valence-electron chi connectivity index (χ3n) is 5.54. The molecule has 0 saturated heterocycles. The van der Waals surface area contributed by atoms with Gasteiger partial charge in [-0.05, 0) is 43.2 Å². The van der Waals surface area contributed by atoms with Crippen LogP contribution in [0.15, 0.2) is 18.2 Å². The standard InChI is InChI=1S/C23H30Cl2N2O2S/c1-15(2)12-20-22(17-8-9-18(24)19(25)13-17)26-23(30-20)27(11-10-21(28)29)14-16-6-4-3-5-7-16/h8-9,13,15-16H,3-7,10-12,14H2,1-2H3,(H,28,29). The van der Waals surface area contributed by atoms with Gasteiger partial charge in [0.15, 0.2) is 5.13 Å². The molecule has 3 rings (SSSR count). The highest BCUT2D eigenvalue weighted by Crippen LogP contribution is 2.38. The second-order valence-electron chi connectivity index (χ2n) is 8.59. The summed E-state index contributed by atoms with van der Waals surface area (Å²) in [7, 11) is 0. The molecule has 1 aliphatic rings. The minimum Gasteiger partial charge on any atom is -0.481 e. The highest BCUT2D eigenvalue weighted by molar-refractivity contribution is 7.16. The molecule has 7 heteroatoms. The van der Waals surface area contributed by atoms with Crippen molar-refractivity contribution in [3.8, 4) is 11.3 Å². The first-order chi connectivity index (χ1) is 14.3. The van der Waals surface area contributed by atoms with E-state index in [4.69, 9.17) is 28.2 Å². The molecule has 1 aromatic heterocycles. The Balaban J connectivity index is 1.93. The average molecular weight is 469 g/mol. The Morgan fingerprint density at radius 1 is 1.23 bits per heavy atom. The molecule has 0 atom stereocenters. The van der Waals surface area contributed by atoms with Gasteiger partial charge in [0.1, 0.15) is 0 Å². The fraction of sp³-hybridized carbons (Fsp3) is 0.565. The van der Waals surface area contributed by atoms with Crippen LogP contribution in [-0.2, 0) is 11.2 Å². The van der Waals surface area contributed by atoms with Crippen molar-refractivity contribution in [3.05, 3.63) is 33.1 Å². The van der Waals surface area contributed by atoms with E-state index in [0.717, 1.165) is 29.4 Å². The van der Waals surface area contributed by atoms with Gasteiger partial charge in [-0.1, -0.05) is 62.4 Å². The molecule has 0 radical (unpaired) electrons. The summed E-state index contributed by atoms with van der Waals surface area (Å²) in [5.41, 5.74) is 1.89. The lowest BCUT2D eigenvalue weighted by atomic mass is 9.89. The zero-order valence-electron chi connectivity index (χ0n) is 17.7. The van der Waals surface area contributed by atoms with Crippen LogP contribution in [0, 0.1) is 11.8 Å². The number of nitrogens with zero attached hydrogens (tertiary/aromatic N) is 2. The van der Waals surface area contributed by atoms with E-state index in [-0.39, 0.29) is 6.42 Å². The summed E-state index contributed by atoms with van der Waals surface area (Å²) in [6.07, 6.45) is 7.31. The van der Waals surface area contributed by atoms with Crippen molar-refractivity contribution in [3.63, 3.8) is 0 Å². The molecule has 1 fully saturated rings. The van der Waals surface area contributed by atoms with Gasteiger partial charge in [-0.15, -0.1) is 11.3 Å². The van der Waals surface area contributed by atoms with Crippen LogP contribution in [0.4, 0.5) is 5.13 Å². The lowest BCUT2D eigenvalue weighted by Gasteiger charge is -2.29. The molecular weight excluding hydrogens is 439 g/mol. The normalized spacial score (nSPS) is 15.0. The number of halogens is 2. The third-order valence-corrected chi connectivity index (χ3v) is 7.42. The summed E-state index contributed by atoms with van der Waals surface area (Å²) in [6.45, 7) is 5.76. The number of benzene rings is 1. The molecule has 1 heterocycles. The molecule has 0 aliphatic heterocycles. The predicted octanol–water partition coefficient (Wildman–Crippen LogP) is 7.18. The molecular formula is C23H30Cl2N2O2S. The second-order valence-corrected chi connectivity index (χ2v) is 10.5. The van der Waals surface area contributed by atoms with E-state index in [1.54, 1.807) is 11.3 Å². The summed E-state index contributed by atoms with van der Waals surface area (Å²) in [5, 5.41) is 11.2. The Bertz CT molecular complexity index is 863. The first-order valence-corrected chi connectivity index (χ1v) is 12.3. The fourth-order valence-electron chi connectivity index (χ4n) is 4.03. The van der Waals surface area contributed by atoms with Gasteiger partial charge < -0.3 is 10.0 Å². The Labute approximate surface area is 193 Å². The van der Waals surface area contributed by atoms with Crippen molar-refractivity contribution in [1.29, 1.82) is 0 Å². The molecule has 1 aliphatic carbocycles. The number of hydrogen-bond donors (Lipinski definition) is 1. The molecule has 1 N–H and O–H groups in total. The lowest BCUT2D eigenvalue weighted by Crippen LogP contribution is -2.32. The molecule has 1 saturated carbocycles. The largest absolute Gasteiger partial charge is 0.481 e. The zero-order valence-corrected chi connectivity index (χ0v) is 20.0. The van der Waals surface area contributed by atoms with E-state index in [0.29, 0.717) is 28.4 Å². The van der Waals surface area contributed by atoms with E-state index >= 15 is 0 Å². The van der Waals surface area contributed by atoms with Gasteiger partial charge >= 0.3 is 5.97 Å². The summed E-state index contributed by atoms with van der Waals surface area (Å²) in [6, 6.07) is 5.64. The van der Waals surface area contributed by atoms with Crippen LogP contribution in [0.2, 0.25) is 10.0 Å². The molecule has 1 aromatic carbocycles. The highest BCUT2D eigenvalue weighted by Gasteiger charge is 2.23. The number of rotatable bonds is 9. The van der Waals surface area contributed by atoms with Gasteiger partial charge in [-0.25, -0.2) is 4.98 Å². The Morgan fingerprint density at radius 3 is 2.60 bits per heavy atom. The van der Waals surface area contributed by atoms with Crippen LogP contribution < -0.4 is 4.90 Å². The van der Waals surface area contributed by atoms with Crippen LogP contribution in [-0.4, -0.2) is 29.1 Å². The first-order valence-electron chi connectivity index (χ1n) is 10.8. The van der Waals surface area contributed by atoms with E-state index in [2.05, 4.69) is 18.7 Å². The fourth-order valence-corrected chi connectivity index (χ4v) is 5.66. The van der Waals surface area contributed by atoms with Crippen LogP contribution in [0.25, 0.3) is 11.3 Å². The van der Waals surface area contributed by atoms with Gasteiger partial charge in [0, 0.05) is 23.5 Å². The van der Waals surface area contributed by atoms with E-state index < -0.39 is 5.97 Å². The average Bonchev–Trinajstić information content (AvgIpc) is 3.11. The number of aromatic nitrogens is 1. The minimum atomic E-state index is -0.771. The van der Waals surface area contributed by atoms with Gasteiger partial charge in [-0.3, -0.25) is 4.79 Å². The molecule has 0 amide bonds. The lowest BCUT2D eigenvalue weighted by molar-refractivity contribution is -0.136. The van der Waals surface area contributed by atoms with Crippen molar-refractivity contribution in [2.75, 3.05) is 18.0 Å². The third kappa shape index (κ3) is 6.35. The van der Waals surface area contributed by atoms with Gasteiger partial charge in [-0.2, -0.15) is 0 Å². The number of carboxylic acids is 1. The Kier molecular flexibility index (Phi) is 8.44. The highest BCUT2D eigenvalue weighted by atomic mass is 35.5. The van der Waals surface area contributed by atoms with Gasteiger partial charge in [0.05, 0.1) is 22.2 Å². The van der Waals surface area contributed by atoms with Crippen molar-refractivity contribution >= 4 is 45.6 Å². The van der Waals surface area contributed by atoms with Crippen LogP contribution >= 0.6 is 34.5 Å². The number of anilines is 1. The number of carboxylic acid groups (broad SMARTS) is 1. The second kappa shape index (κ2) is 10.8. The Hall–Kier alpha value is -1.30. The van der Waals surface area contributed by atoms with Crippen molar-refractivity contribution in [2.45, 2.75) is 58.8 Å². The van der Waals surface area contributed by atoms with Gasteiger partial charge in [0.25, 0.3) is 0 Å². The molecule has 30 heavy (non-hydrogen) atoms. The van der Waals surface area contributed by atoms with Gasteiger partial charge in [0.2, 0.25) is 0 Å². The van der Waals surface area contributed by atoms with E-state index in [9.17, 15) is 9.90 Å². The summed E-state index contributed by atoms with van der Waals surface area (Å²) < 4.78 is 0. The number of carbonyl (C=O) groups is 1. The number of aliphatic carboxylic acids is 1. The maximum atomic E-state index is 11.3. The van der Waals surface area contributed by atoms with E-state index in [1.165, 1.54) is 37.0 Å². The maximum Gasteiger partial charge on any atom is 0.305 e. The molecule has 0 unspecified atom stereocenters. The van der Waals surface area contributed by atoms with Crippen molar-refractivity contribution in [2.24, 2.45) is 11.8 Å². The molecule has 0 spiro atoms. The minimum absolute atomic E-state index is 0.119. The number of thiazole rings is 1. The monoisotopic (exact) mass is 468 g/mol. The van der Waals surface area contributed by atoms with E-state index in [1.807, 2.05) is 18.2 Å². The summed E-state index contributed by atoms with van der Waals surface area (Å²) in [4.78, 5) is 19.7. The van der Waals surface area contributed by atoms with Crippen LogP contribution in [0.5, 0.6) is 0 Å². The molecule has 0 bridgehead atoms. The van der Waals surface area contributed by atoms with Crippen molar-refractivity contribution in [1.82, 2.24) is 4.98 Å². The molecule has 4 nitrogen and oxygen atoms in total.